The molecular formula is C8H17NO3. The quantitative estimate of drug-likeness (QED) is 0.554. The van der Waals surface area contributed by atoms with Crippen molar-refractivity contribution in [2.24, 2.45) is 0 Å². The molecule has 0 fully saturated rings. The Labute approximate surface area is 72.9 Å². The van der Waals surface area contributed by atoms with E-state index < -0.39 is 0 Å². The molecule has 12 heavy (non-hydrogen) atoms. The number of hydrogen-bond donors (Lipinski definition) is 2. The predicted molar refractivity (Wildman–Crippen MR) is 45.8 cm³/mol. The molecule has 0 aromatic rings. The molecule has 4 heteroatoms. The van der Waals surface area contributed by atoms with E-state index in [1.807, 2.05) is 6.92 Å². The summed E-state index contributed by atoms with van der Waals surface area (Å²) in [6.45, 7) is 4.70. The lowest BCUT2D eigenvalue weighted by atomic mass is 10.3. The number of carbonyl (C=O) groups excluding carboxylic acids is 1. The van der Waals surface area contributed by atoms with Crippen molar-refractivity contribution in [1.29, 1.82) is 0 Å². The first-order valence-corrected chi connectivity index (χ1v) is 4.20. The van der Waals surface area contributed by atoms with E-state index in [1.54, 1.807) is 6.92 Å². The molecule has 72 valence electrons. The first-order chi connectivity index (χ1) is 5.70. The average Bonchev–Trinajstić information content (AvgIpc) is 2.04. The van der Waals surface area contributed by atoms with Crippen molar-refractivity contribution in [3.05, 3.63) is 0 Å². The van der Waals surface area contributed by atoms with E-state index in [0.29, 0.717) is 19.6 Å². The van der Waals surface area contributed by atoms with E-state index in [0.717, 1.165) is 0 Å². The fraction of sp³-hybridized carbons (Fsp3) is 0.875. The summed E-state index contributed by atoms with van der Waals surface area (Å²) in [5.41, 5.74) is 0. The molecule has 0 aliphatic carbocycles. The van der Waals surface area contributed by atoms with Crippen molar-refractivity contribution in [2.75, 3.05) is 19.8 Å². The summed E-state index contributed by atoms with van der Waals surface area (Å²) in [4.78, 5) is 10.8. The summed E-state index contributed by atoms with van der Waals surface area (Å²) in [6.07, 6.45) is 0.359. The Morgan fingerprint density at radius 2 is 2.33 bits per heavy atom. The molecule has 0 bridgehead atoms. The highest BCUT2D eigenvalue weighted by atomic mass is 16.5. The number of aliphatic hydroxyl groups excluding tert-OH is 1. The molecule has 0 aliphatic heterocycles. The largest absolute Gasteiger partial charge is 0.466 e. The van der Waals surface area contributed by atoms with Gasteiger partial charge in [0.1, 0.15) is 0 Å². The van der Waals surface area contributed by atoms with E-state index in [2.05, 4.69) is 5.32 Å². The number of esters is 1. The Kier molecular flexibility index (Phi) is 6.70. The van der Waals surface area contributed by atoms with Crippen LogP contribution in [0.5, 0.6) is 0 Å². The molecule has 0 aromatic heterocycles. The van der Waals surface area contributed by atoms with E-state index in [4.69, 9.17) is 9.84 Å². The van der Waals surface area contributed by atoms with Crippen LogP contribution in [0, 0.1) is 0 Å². The second-order valence-corrected chi connectivity index (χ2v) is 2.59. The summed E-state index contributed by atoms with van der Waals surface area (Å²) in [7, 11) is 0. The van der Waals surface area contributed by atoms with Crippen LogP contribution in [-0.2, 0) is 9.53 Å². The van der Waals surface area contributed by atoms with Crippen molar-refractivity contribution in [1.82, 2.24) is 5.32 Å². The molecule has 2 N–H and O–H groups in total. The lowest BCUT2D eigenvalue weighted by Crippen LogP contribution is -2.31. The molecule has 1 atom stereocenters. The third-order valence-corrected chi connectivity index (χ3v) is 1.40. The predicted octanol–water partition coefficient (Wildman–Crippen LogP) is -0.0900. The highest BCUT2D eigenvalue weighted by Crippen LogP contribution is 1.85. The van der Waals surface area contributed by atoms with Gasteiger partial charge in [-0.1, -0.05) is 0 Å². The van der Waals surface area contributed by atoms with Gasteiger partial charge in [-0.15, -0.1) is 0 Å². The van der Waals surface area contributed by atoms with Crippen LogP contribution in [0.1, 0.15) is 20.3 Å². The van der Waals surface area contributed by atoms with Gasteiger partial charge in [-0.25, -0.2) is 0 Å². The third kappa shape index (κ3) is 6.12. The SMILES string of the molecule is CCOC(=O)CCNC(C)CO. The molecule has 0 saturated carbocycles. The van der Waals surface area contributed by atoms with Gasteiger partial charge in [0.25, 0.3) is 0 Å². The van der Waals surface area contributed by atoms with Gasteiger partial charge in [0.2, 0.25) is 0 Å². The van der Waals surface area contributed by atoms with Gasteiger partial charge >= 0.3 is 5.97 Å². The van der Waals surface area contributed by atoms with Gasteiger partial charge in [0.05, 0.1) is 19.6 Å². The van der Waals surface area contributed by atoms with Crippen molar-refractivity contribution >= 4 is 5.97 Å². The molecule has 4 nitrogen and oxygen atoms in total. The van der Waals surface area contributed by atoms with Gasteiger partial charge in [0, 0.05) is 12.6 Å². The number of nitrogens with one attached hydrogen (secondary N) is 1. The Morgan fingerprint density at radius 3 is 2.83 bits per heavy atom. The van der Waals surface area contributed by atoms with Crippen LogP contribution in [0.2, 0.25) is 0 Å². The average molecular weight is 175 g/mol. The lowest BCUT2D eigenvalue weighted by molar-refractivity contribution is -0.143. The highest BCUT2D eigenvalue weighted by Gasteiger charge is 2.02. The molecule has 0 amide bonds. The molecular weight excluding hydrogens is 158 g/mol. The Bertz CT molecular complexity index is 127. The van der Waals surface area contributed by atoms with Gasteiger partial charge in [-0.3, -0.25) is 4.79 Å². The number of ether oxygens (including phenoxy) is 1. The van der Waals surface area contributed by atoms with Crippen LogP contribution in [0.4, 0.5) is 0 Å². The molecule has 1 unspecified atom stereocenters. The van der Waals surface area contributed by atoms with Crippen molar-refractivity contribution < 1.29 is 14.6 Å². The van der Waals surface area contributed by atoms with Crippen LogP contribution in [-0.4, -0.2) is 36.9 Å². The van der Waals surface area contributed by atoms with Crippen LogP contribution in [0.3, 0.4) is 0 Å². The molecule has 0 aromatic carbocycles. The van der Waals surface area contributed by atoms with Gasteiger partial charge in [0.15, 0.2) is 0 Å². The summed E-state index contributed by atoms with van der Waals surface area (Å²) < 4.78 is 4.72. The van der Waals surface area contributed by atoms with E-state index in [-0.39, 0.29) is 18.6 Å². The normalized spacial score (nSPS) is 12.6. The minimum atomic E-state index is -0.199. The summed E-state index contributed by atoms with van der Waals surface area (Å²) in [5.74, 6) is -0.199. The maximum absolute atomic E-state index is 10.8. The van der Waals surface area contributed by atoms with E-state index in [9.17, 15) is 4.79 Å². The molecule has 0 heterocycles. The third-order valence-electron chi connectivity index (χ3n) is 1.40. The van der Waals surface area contributed by atoms with Crippen molar-refractivity contribution in [3.63, 3.8) is 0 Å². The Balaban J connectivity index is 3.24. The summed E-state index contributed by atoms with van der Waals surface area (Å²) in [6, 6.07) is 0.0411. The van der Waals surface area contributed by atoms with Gasteiger partial charge in [-0.05, 0) is 13.8 Å². The maximum Gasteiger partial charge on any atom is 0.307 e. The molecule has 0 rings (SSSR count). The van der Waals surface area contributed by atoms with Crippen molar-refractivity contribution in [2.45, 2.75) is 26.3 Å². The summed E-state index contributed by atoms with van der Waals surface area (Å²) >= 11 is 0. The zero-order valence-corrected chi connectivity index (χ0v) is 7.67. The topological polar surface area (TPSA) is 58.6 Å². The first-order valence-electron chi connectivity index (χ1n) is 4.20. The Morgan fingerprint density at radius 1 is 1.67 bits per heavy atom. The fourth-order valence-corrected chi connectivity index (χ4v) is 0.718. The van der Waals surface area contributed by atoms with E-state index >= 15 is 0 Å². The first kappa shape index (κ1) is 11.4. The summed E-state index contributed by atoms with van der Waals surface area (Å²) in [5, 5.41) is 11.6. The number of aliphatic hydroxyl groups is 1. The fourth-order valence-electron chi connectivity index (χ4n) is 0.718. The molecule has 0 radical (unpaired) electrons. The number of hydrogen-bond acceptors (Lipinski definition) is 4. The second kappa shape index (κ2) is 7.06. The van der Waals surface area contributed by atoms with Crippen LogP contribution >= 0.6 is 0 Å². The molecule has 0 aliphatic rings. The molecule has 0 saturated heterocycles. The standard InChI is InChI=1S/C8H17NO3/c1-3-12-8(11)4-5-9-7(2)6-10/h7,9-10H,3-6H2,1-2H3. The van der Waals surface area contributed by atoms with Crippen molar-refractivity contribution in [3.8, 4) is 0 Å². The van der Waals surface area contributed by atoms with Crippen LogP contribution < -0.4 is 5.32 Å². The maximum atomic E-state index is 10.8. The smallest absolute Gasteiger partial charge is 0.307 e. The minimum absolute atomic E-state index is 0.0411. The lowest BCUT2D eigenvalue weighted by Gasteiger charge is -2.09. The van der Waals surface area contributed by atoms with E-state index in [1.165, 1.54) is 0 Å². The zero-order chi connectivity index (χ0) is 9.40. The zero-order valence-electron chi connectivity index (χ0n) is 7.67. The number of carbonyl (C=O) groups is 1. The Hall–Kier alpha value is -0.610. The van der Waals surface area contributed by atoms with Gasteiger partial charge in [-0.2, -0.15) is 0 Å². The van der Waals surface area contributed by atoms with Crippen LogP contribution in [0.25, 0.3) is 0 Å². The number of rotatable bonds is 6. The monoisotopic (exact) mass is 175 g/mol. The minimum Gasteiger partial charge on any atom is -0.466 e. The molecule has 0 spiro atoms. The second-order valence-electron chi connectivity index (χ2n) is 2.59. The van der Waals surface area contributed by atoms with Gasteiger partial charge < -0.3 is 15.2 Å². The highest BCUT2D eigenvalue weighted by molar-refractivity contribution is 5.69. The van der Waals surface area contributed by atoms with Crippen LogP contribution in [0.15, 0.2) is 0 Å².